The SMILES string of the molecule is COc1cc(C)cc(OC)c1OCC(C)=O. The van der Waals surface area contributed by atoms with Gasteiger partial charge in [0.2, 0.25) is 5.75 Å². The van der Waals surface area contributed by atoms with E-state index in [1.807, 2.05) is 19.1 Å². The van der Waals surface area contributed by atoms with Crippen LogP contribution in [-0.4, -0.2) is 26.6 Å². The molecular formula is C12H16O4. The van der Waals surface area contributed by atoms with E-state index in [2.05, 4.69) is 0 Å². The summed E-state index contributed by atoms with van der Waals surface area (Å²) < 4.78 is 15.7. The Morgan fingerprint density at radius 3 is 2.06 bits per heavy atom. The van der Waals surface area contributed by atoms with E-state index in [0.29, 0.717) is 17.2 Å². The zero-order valence-electron chi connectivity index (χ0n) is 9.99. The molecule has 0 aliphatic heterocycles. The van der Waals surface area contributed by atoms with E-state index in [-0.39, 0.29) is 12.4 Å². The van der Waals surface area contributed by atoms with Gasteiger partial charge in [0.1, 0.15) is 6.61 Å². The fourth-order valence-corrected chi connectivity index (χ4v) is 1.33. The summed E-state index contributed by atoms with van der Waals surface area (Å²) in [5.41, 5.74) is 1.00. The second kappa shape index (κ2) is 5.39. The van der Waals surface area contributed by atoms with Crippen molar-refractivity contribution >= 4 is 5.78 Å². The molecule has 0 aliphatic carbocycles. The van der Waals surface area contributed by atoms with Gasteiger partial charge >= 0.3 is 0 Å². The molecule has 0 atom stereocenters. The number of benzene rings is 1. The van der Waals surface area contributed by atoms with Crippen molar-refractivity contribution in [2.24, 2.45) is 0 Å². The van der Waals surface area contributed by atoms with E-state index < -0.39 is 0 Å². The van der Waals surface area contributed by atoms with E-state index in [1.165, 1.54) is 6.92 Å². The first-order valence-corrected chi connectivity index (χ1v) is 4.93. The number of Topliss-reactive ketones (excluding diaryl/α,β-unsaturated/α-hetero) is 1. The van der Waals surface area contributed by atoms with Crippen LogP contribution in [0.1, 0.15) is 12.5 Å². The summed E-state index contributed by atoms with van der Waals surface area (Å²) in [4.78, 5) is 10.9. The molecular weight excluding hydrogens is 208 g/mol. The summed E-state index contributed by atoms with van der Waals surface area (Å²) >= 11 is 0. The Labute approximate surface area is 95.1 Å². The van der Waals surface area contributed by atoms with Crippen LogP contribution in [0.25, 0.3) is 0 Å². The van der Waals surface area contributed by atoms with Crippen molar-refractivity contribution < 1.29 is 19.0 Å². The third-order valence-corrected chi connectivity index (χ3v) is 2.02. The van der Waals surface area contributed by atoms with Gasteiger partial charge in [-0.25, -0.2) is 0 Å². The Hall–Kier alpha value is -1.71. The maximum atomic E-state index is 10.9. The standard InChI is InChI=1S/C12H16O4/c1-8-5-10(14-3)12(11(6-8)15-4)16-7-9(2)13/h5-6H,7H2,1-4H3. The van der Waals surface area contributed by atoms with Gasteiger partial charge in [0.15, 0.2) is 17.3 Å². The average Bonchev–Trinajstić information content (AvgIpc) is 2.25. The highest BCUT2D eigenvalue weighted by molar-refractivity contribution is 5.77. The molecule has 0 N–H and O–H groups in total. The van der Waals surface area contributed by atoms with Crippen LogP contribution in [0, 0.1) is 6.92 Å². The second-order valence-electron chi connectivity index (χ2n) is 3.49. The van der Waals surface area contributed by atoms with Crippen molar-refractivity contribution in [1.29, 1.82) is 0 Å². The average molecular weight is 224 g/mol. The highest BCUT2D eigenvalue weighted by atomic mass is 16.5. The lowest BCUT2D eigenvalue weighted by Crippen LogP contribution is -2.08. The molecule has 1 aromatic carbocycles. The Bertz CT molecular complexity index is 360. The third kappa shape index (κ3) is 2.89. The number of rotatable bonds is 5. The Balaban J connectivity index is 3.06. The van der Waals surface area contributed by atoms with Gasteiger partial charge in [-0.3, -0.25) is 4.79 Å². The third-order valence-electron chi connectivity index (χ3n) is 2.02. The van der Waals surface area contributed by atoms with Crippen molar-refractivity contribution in [3.63, 3.8) is 0 Å². The lowest BCUT2D eigenvalue weighted by molar-refractivity contribution is -0.118. The van der Waals surface area contributed by atoms with Gasteiger partial charge in [-0.2, -0.15) is 0 Å². The molecule has 4 nitrogen and oxygen atoms in total. The molecule has 0 unspecified atom stereocenters. The topological polar surface area (TPSA) is 44.8 Å². The number of carbonyl (C=O) groups excluding carboxylic acids is 1. The van der Waals surface area contributed by atoms with Crippen LogP contribution in [0.2, 0.25) is 0 Å². The molecule has 0 saturated heterocycles. The van der Waals surface area contributed by atoms with Crippen LogP contribution in [0.4, 0.5) is 0 Å². The minimum atomic E-state index is -0.0512. The molecule has 0 aliphatic rings. The van der Waals surface area contributed by atoms with Crippen molar-refractivity contribution in [2.45, 2.75) is 13.8 Å². The van der Waals surface area contributed by atoms with E-state index in [4.69, 9.17) is 14.2 Å². The van der Waals surface area contributed by atoms with Crippen molar-refractivity contribution in [1.82, 2.24) is 0 Å². The first-order valence-electron chi connectivity index (χ1n) is 4.93. The van der Waals surface area contributed by atoms with Gasteiger partial charge in [0, 0.05) is 0 Å². The van der Waals surface area contributed by atoms with Crippen LogP contribution < -0.4 is 14.2 Å². The summed E-state index contributed by atoms with van der Waals surface area (Å²) in [6.45, 7) is 3.41. The number of aryl methyl sites for hydroxylation is 1. The van der Waals surface area contributed by atoms with Crippen LogP contribution in [0.3, 0.4) is 0 Å². The number of methoxy groups -OCH3 is 2. The molecule has 0 heterocycles. The summed E-state index contributed by atoms with van der Waals surface area (Å²) in [6.07, 6.45) is 0. The lowest BCUT2D eigenvalue weighted by Gasteiger charge is -2.14. The van der Waals surface area contributed by atoms with Gasteiger partial charge in [-0.15, -0.1) is 0 Å². The molecule has 0 spiro atoms. The molecule has 1 aromatic rings. The highest BCUT2D eigenvalue weighted by Gasteiger charge is 2.13. The minimum Gasteiger partial charge on any atom is -0.493 e. The zero-order chi connectivity index (χ0) is 12.1. The fourth-order valence-electron chi connectivity index (χ4n) is 1.33. The monoisotopic (exact) mass is 224 g/mol. The number of carbonyl (C=O) groups is 1. The van der Waals surface area contributed by atoms with Gasteiger partial charge in [-0.1, -0.05) is 0 Å². The van der Waals surface area contributed by atoms with E-state index >= 15 is 0 Å². The fraction of sp³-hybridized carbons (Fsp3) is 0.417. The molecule has 1 rings (SSSR count). The number of hydrogen-bond donors (Lipinski definition) is 0. The summed E-state index contributed by atoms with van der Waals surface area (Å²) in [5, 5.41) is 0. The Morgan fingerprint density at radius 2 is 1.69 bits per heavy atom. The Kier molecular flexibility index (Phi) is 4.17. The first-order chi connectivity index (χ1) is 7.58. The summed E-state index contributed by atoms with van der Waals surface area (Å²) in [7, 11) is 3.10. The van der Waals surface area contributed by atoms with Gasteiger partial charge < -0.3 is 14.2 Å². The maximum absolute atomic E-state index is 10.9. The molecule has 0 fully saturated rings. The number of ketones is 1. The molecule has 16 heavy (non-hydrogen) atoms. The normalized spacial score (nSPS) is 9.75. The molecule has 0 radical (unpaired) electrons. The lowest BCUT2D eigenvalue weighted by atomic mass is 10.2. The van der Waals surface area contributed by atoms with Gasteiger partial charge in [0.25, 0.3) is 0 Å². The van der Waals surface area contributed by atoms with Crippen LogP contribution in [0.15, 0.2) is 12.1 Å². The smallest absolute Gasteiger partial charge is 0.203 e. The van der Waals surface area contributed by atoms with Gasteiger partial charge in [0.05, 0.1) is 14.2 Å². The highest BCUT2D eigenvalue weighted by Crippen LogP contribution is 2.38. The molecule has 0 bridgehead atoms. The predicted molar refractivity (Wildman–Crippen MR) is 60.5 cm³/mol. The Morgan fingerprint density at radius 1 is 1.19 bits per heavy atom. The van der Waals surface area contributed by atoms with Crippen molar-refractivity contribution in [2.75, 3.05) is 20.8 Å². The van der Waals surface area contributed by atoms with Crippen LogP contribution >= 0.6 is 0 Å². The van der Waals surface area contributed by atoms with E-state index in [0.717, 1.165) is 5.56 Å². The van der Waals surface area contributed by atoms with E-state index in [9.17, 15) is 4.79 Å². The number of hydrogen-bond acceptors (Lipinski definition) is 4. The molecule has 0 aromatic heterocycles. The summed E-state index contributed by atoms with van der Waals surface area (Å²) in [5.74, 6) is 1.55. The van der Waals surface area contributed by atoms with Crippen molar-refractivity contribution in [3.8, 4) is 17.2 Å². The quantitative estimate of drug-likeness (QED) is 0.767. The first kappa shape index (κ1) is 12.4. The second-order valence-corrected chi connectivity index (χ2v) is 3.49. The molecule has 0 amide bonds. The molecule has 88 valence electrons. The van der Waals surface area contributed by atoms with Crippen molar-refractivity contribution in [3.05, 3.63) is 17.7 Å². The predicted octanol–water partition coefficient (Wildman–Crippen LogP) is 1.98. The van der Waals surface area contributed by atoms with E-state index in [1.54, 1.807) is 14.2 Å². The largest absolute Gasteiger partial charge is 0.493 e. The molecule has 4 heteroatoms. The minimum absolute atomic E-state index is 0.00970. The van der Waals surface area contributed by atoms with Crippen LogP contribution in [0.5, 0.6) is 17.2 Å². The van der Waals surface area contributed by atoms with Crippen LogP contribution in [-0.2, 0) is 4.79 Å². The number of ether oxygens (including phenoxy) is 3. The zero-order valence-corrected chi connectivity index (χ0v) is 9.99. The molecule has 0 saturated carbocycles. The summed E-state index contributed by atoms with van der Waals surface area (Å²) in [6, 6.07) is 3.66. The maximum Gasteiger partial charge on any atom is 0.203 e. The van der Waals surface area contributed by atoms with Gasteiger partial charge in [-0.05, 0) is 31.5 Å².